The number of carbonyl (C=O) groups excluding carboxylic acids is 1. The molecule has 0 aliphatic carbocycles. The molecule has 1 saturated heterocycles. The number of benzene rings is 2. The first kappa shape index (κ1) is 27.1. The van der Waals surface area contributed by atoms with Gasteiger partial charge in [0.25, 0.3) is 0 Å². The number of piperidine rings is 1. The zero-order valence-electron chi connectivity index (χ0n) is 22.6. The molecule has 0 bridgehead atoms. The third-order valence-electron chi connectivity index (χ3n) is 7.18. The summed E-state index contributed by atoms with van der Waals surface area (Å²) in [4.78, 5) is 16.1. The summed E-state index contributed by atoms with van der Waals surface area (Å²) in [6.07, 6.45) is 7.88. The summed E-state index contributed by atoms with van der Waals surface area (Å²) in [6.45, 7) is 9.24. The van der Waals surface area contributed by atoms with Crippen molar-refractivity contribution in [3.05, 3.63) is 54.0 Å². The summed E-state index contributed by atoms with van der Waals surface area (Å²) in [5.41, 5.74) is 1.24. The van der Waals surface area contributed by atoms with Gasteiger partial charge in [-0.2, -0.15) is 5.10 Å². The molecule has 1 unspecified atom stereocenters. The van der Waals surface area contributed by atoms with Crippen LogP contribution in [0.5, 0.6) is 11.5 Å². The van der Waals surface area contributed by atoms with Crippen molar-refractivity contribution in [2.75, 3.05) is 20.1 Å². The molecule has 3 aromatic rings. The molecule has 2 aromatic carbocycles. The third-order valence-corrected chi connectivity index (χ3v) is 7.18. The summed E-state index contributed by atoms with van der Waals surface area (Å²) < 4.78 is 27.8. The number of rotatable bonds is 11. The maximum atomic E-state index is 13.8. The summed E-state index contributed by atoms with van der Waals surface area (Å²) >= 11 is 0. The predicted octanol–water partition coefficient (Wildman–Crippen LogP) is 7.07. The van der Waals surface area contributed by atoms with Crippen LogP contribution in [0.3, 0.4) is 0 Å². The first-order valence-corrected chi connectivity index (χ1v) is 13.7. The largest absolute Gasteiger partial charge is 0.458 e. The number of aromatic nitrogens is 2. The molecule has 0 radical (unpaired) electrons. The molecule has 1 aliphatic rings. The molecule has 37 heavy (non-hydrogen) atoms. The van der Waals surface area contributed by atoms with E-state index in [2.05, 4.69) is 37.8 Å². The molecule has 0 N–H and O–H groups in total. The molecule has 7 heteroatoms. The molecule has 1 fully saturated rings. The highest BCUT2D eigenvalue weighted by Gasteiger charge is 2.30. The molecule has 0 amide bonds. The van der Waals surface area contributed by atoms with Gasteiger partial charge in [-0.1, -0.05) is 33.6 Å². The van der Waals surface area contributed by atoms with Gasteiger partial charge in [0.15, 0.2) is 0 Å². The van der Waals surface area contributed by atoms with E-state index < -0.39 is 0 Å². The van der Waals surface area contributed by atoms with E-state index in [1.54, 1.807) is 18.3 Å². The Morgan fingerprint density at radius 3 is 2.54 bits per heavy atom. The highest BCUT2D eigenvalue weighted by atomic mass is 19.1. The van der Waals surface area contributed by atoms with Crippen LogP contribution < -0.4 is 4.74 Å². The van der Waals surface area contributed by atoms with E-state index >= 15 is 0 Å². The Kier molecular flexibility index (Phi) is 9.19. The smallest absolute Gasteiger partial charge is 0.342 e. The molecule has 1 aliphatic heterocycles. The van der Waals surface area contributed by atoms with Gasteiger partial charge in [0.1, 0.15) is 29.0 Å². The van der Waals surface area contributed by atoms with Gasteiger partial charge in [-0.15, -0.1) is 0 Å². The van der Waals surface area contributed by atoms with E-state index in [9.17, 15) is 9.18 Å². The number of fused-ring (bicyclic) bond motifs is 1. The van der Waals surface area contributed by atoms with Crippen LogP contribution in [0.4, 0.5) is 4.39 Å². The van der Waals surface area contributed by atoms with Gasteiger partial charge in [-0.25, -0.2) is 9.18 Å². The van der Waals surface area contributed by atoms with Crippen LogP contribution in [-0.4, -0.2) is 46.9 Å². The van der Waals surface area contributed by atoms with Crippen LogP contribution in [-0.2, 0) is 11.3 Å². The summed E-state index contributed by atoms with van der Waals surface area (Å²) in [7, 11) is 2.14. The predicted molar refractivity (Wildman–Crippen MR) is 145 cm³/mol. The SMILES string of the molecule is CCCCCC(OC(=O)c1cc2c(cnn2CC(C)C)cc1Oc1ccc(F)cc1)C1CCN(C)CC1. The van der Waals surface area contributed by atoms with Gasteiger partial charge in [-0.05, 0) is 94.1 Å². The molecule has 0 saturated carbocycles. The second kappa shape index (κ2) is 12.5. The maximum absolute atomic E-state index is 13.8. The average Bonchev–Trinajstić information content (AvgIpc) is 3.25. The third kappa shape index (κ3) is 7.10. The van der Waals surface area contributed by atoms with Crippen molar-refractivity contribution in [2.24, 2.45) is 11.8 Å². The van der Waals surface area contributed by atoms with Crippen molar-refractivity contribution in [3.8, 4) is 11.5 Å². The van der Waals surface area contributed by atoms with Gasteiger partial charge < -0.3 is 14.4 Å². The van der Waals surface area contributed by atoms with E-state index in [1.165, 1.54) is 12.1 Å². The van der Waals surface area contributed by atoms with Gasteiger partial charge >= 0.3 is 5.97 Å². The minimum absolute atomic E-state index is 0.123. The average molecular weight is 510 g/mol. The second-order valence-corrected chi connectivity index (χ2v) is 10.8. The zero-order valence-corrected chi connectivity index (χ0v) is 22.6. The standard InChI is InChI=1S/C30H40FN3O3/c1-5-6-7-8-28(22-13-15-33(4)16-14-22)37-30(35)26-18-27-23(19-32-34(27)20-21(2)3)17-29(26)36-25-11-9-24(31)10-12-25/h9-12,17-19,21-22,28H,5-8,13-16,20H2,1-4H3. The van der Waals surface area contributed by atoms with Gasteiger partial charge in [0, 0.05) is 11.9 Å². The number of hydrogen-bond acceptors (Lipinski definition) is 5. The lowest BCUT2D eigenvalue weighted by atomic mass is 9.88. The highest BCUT2D eigenvalue weighted by molar-refractivity contribution is 5.98. The van der Waals surface area contributed by atoms with Crippen molar-refractivity contribution >= 4 is 16.9 Å². The summed E-state index contributed by atoms with van der Waals surface area (Å²) in [5.74, 6) is 0.889. The fourth-order valence-electron chi connectivity index (χ4n) is 5.06. The molecule has 200 valence electrons. The monoisotopic (exact) mass is 509 g/mol. The molecule has 0 spiro atoms. The van der Waals surface area contributed by atoms with Gasteiger partial charge in [0.05, 0.1) is 11.7 Å². The zero-order chi connectivity index (χ0) is 26.4. The van der Waals surface area contributed by atoms with Crippen molar-refractivity contribution < 1.29 is 18.7 Å². The van der Waals surface area contributed by atoms with Crippen LogP contribution in [0, 0.1) is 17.7 Å². The first-order valence-electron chi connectivity index (χ1n) is 13.7. The highest BCUT2D eigenvalue weighted by Crippen LogP contribution is 2.33. The quantitative estimate of drug-likeness (QED) is 0.204. The lowest BCUT2D eigenvalue weighted by Crippen LogP contribution is -2.37. The van der Waals surface area contributed by atoms with Crippen molar-refractivity contribution in [1.82, 2.24) is 14.7 Å². The molecule has 4 rings (SSSR count). The Bertz CT molecular complexity index is 1170. The van der Waals surface area contributed by atoms with Crippen LogP contribution in [0.15, 0.2) is 42.6 Å². The van der Waals surface area contributed by atoms with Crippen LogP contribution in [0.1, 0.15) is 69.7 Å². The fourth-order valence-corrected chi connectivity index (χ4v) is 5.06. The summed E-state index contributed by atoms with van der Waals surface area (Å²) in [6, 6.07) is 9.48. The number of nitrogens with zero attached hydrogens (tertiary/aromatic N) is 3. The van der Waals surface area contributed by atoms with E-state index in [0.717, 1.165) is 69.1 Å². The van der Waals surface area contributed by atoms with E-state index in [0.29, 0.717) is 28.9 Å². The van der Waals surface area contributed by atoms with E-state index in [4.69, 9.17) is 9.47 Å². The topological polar surface area (TPSA) is 56.6 Å². The maximum Gasteiger partial charge on any atom is 0.342 e. The second-order valence-electron chi connectivity index (χ2n) is 10.8. The van der Waals surface area contributed by atoms with Crippen molar-refractivity contribution in [1.29, 1.82) is 0 Å². The molecule has 1 atom stereocenters. The van der Waals surface area contributed by atoms with Crippen molar-refractivity contribution in [2.45, 2.75) is 71.9 Å². The van der Waals surface area contributed by atoms with Gasteiger partial charge in [0.2, 0.25) is 0 Å². The Balaban J connectivity index is 1.66. The van der Waals surface area contributed by atoms with Crippen LogP contribution in [0.2, 0.25) is 0 Å². The summed E-state index contributed by atoms with van der Waals surface area (Å²) in [5, 5.41) is 5.42. The van der Waals surface area contributed by atoms with E-state index in [1.807, 2.05) is 16.8 Å². The number of esters is 1. The molecular formula is C30H40FN3O3. The van der Waals surface area contributed by atoms with Crippen LogP contribution in [0.25, 0.3) is 10.9 Å². The number of halogens is 1. The van der Waals surface area contributed by atoms with E-state index in [-0.39, 0.29) is 17.9 Å². The van der Waals surface area contributed by atoms with Crippen molar-refractivity contribution in [3.63, 3.8) is 0 Å². The minimum Gasteiger partial charge on any atom is -0.458 e. The lowest BCUT2D eigenvalue weighted by molar-refractivity contribution is -0.000769. The Morgan fingerprint density at radius 2 is 1.86 bits per heavy atom. The normalized spacial score (nSPS) is 15.8. The number of hydrogen-bond donors (Lipinski definition) is 0. The lowest BCUT2D eigenvalue weighted by Gasteiger charge is -2.34. The molecule has 6 nitrogen and oxygen atoms in total. The number of carbonyl (C=O) groups is 1. The number of ether oxygens (including phenoxy) is 2. The first-order chi connectivity index (χ1) is 17.8. The fraction of sp³-hybridized carbons (Fsp3) is 0.533. The Hall–Kier alpha value is -2.93. The van der Waals surface area contributed by atoms with Gasteiger partial charge in [-0.3, -0.25) is 4.68 Å². The minimum atomic E-state index is -0.378. The number of likely N-dealkylation sites (tertiary alicyclic amines) is 1. The number of unbranched alkanes of at least 4 members (excludes halogenated alkanes) is 2. The molecule has 1 aromatic heterocycles. The molecular weight excluding hydrogens is 469 g/mol. The Morgan fingerprint density at radius 1 is 1.14 bits per heavy atom. The van der Waals surface area contributed by atoms with Crippen LogP contribution >= 0.6 is 0 Å². The Labute approximate surface area is 219 Å². The molecule has 2 heterocycles.